The van der Waals surface area contributed by atoms with Crippen LogP contribution < -0.4 is 14.4 Å². The van der Waals surface area contributed by atoms with Gasteiger partial charge in [-0.2, -0.15) is 0 Å². The van der Waals surface area contributed by atoms with Crippen LogP contribution in [0.5, 0.6) is 11.5 Å². The maximum absolute atomic E-state index is 13.6. The minimum atomic E-state index is -0.146. The fraction of sp³-hybridized carbons (Fsp3) is 0.625. The molecular formula is C24H30N2O4. The Balaban J connectivity index is 1.71. The highest BCUT2D eigenvalue weighted by Crippen LogP contribution is 2.68. The molecule has 7 rings (SSSR count). The summed E-state index contributed by atoms with van der Waals surface area (Å²) in [6, 6.07) is 4.64. The van der Waals surface area contributed by atoms with Crippen LogP contribution in [0.2, 0.25) is 0 Å². The van der Waals surface area contributed by atoms with E-state index in [2.05, 4.69) is 35.9 Å². The van der Waals surface area contributed by atoms with E-state index in [0.717, 1.165) is 37.2 Å². The van der Waals surface area contributed by atoms with E-state index >= 15 is 0 Å². The molecule has 0 N–H and O–H groups in total. The molecule has 0 radical (unpaired) electrons. The van der Waals surface area contributed by atoms with Gasteiger partial charge in [-0.1, -0.05) is 13.0 Å². The van der Waals surface area contributed by atoms with Gasteiger partial charge in [0.25, 0.3) is 0 Å². The smallest absolute Gasteiger partial charge is 0.229 e. The highest BCUT2D eigenvalue weighted by molar-refractivity contribution is 6.00. The second-order valence-corrected chi connectivity index (χ2v) is 9.55. The van der Waals surface area contributed by atoms with Gasteiger partial charge in [0, 0.05) is 29.5 Å². The van der Waals surface area contributed by atoms with Crippen LogP contribution in [0.25, 0.3) is 0 Å². The summed E-state index contributed by atoms with van der Waals surface area (Å²) in [6.45, 7) is 3.87. The summed E-state index contributed by atoms with van der Waals surface area (Å²) in [5, 5.41) is 0. The van der Waals surface area contributed by atoms with Crippen molar-refractivity contribution in [1.82, 2.24) is 4.90 Å². The van der Waals surface area contributed by atoms with E-state index in [1.165, 1.54) is 11.1 Å². The van der Waals surface area contributed by atoms with Gasteiger partial charge < -0.3 is 19.1 Å². The fourth-order valence-corrected chi connectivity index (χ4v) is 7.86. The molecule has 5 aliphatic heterocycles. The molecule has 2 bridgehead atoms. The Bertz CT molecular complexity index is 974. The van der Waals surface area contributed by atoms with Crippen molar-refractivity contribution in [1.29, 1.82) is 0 Å². The predicted molar refractivity (Wildman–Crippen MR) is 113 cm³/mol. The van der Waals surface area contributed by atoms with Crippen molar-refractivity contribution in [2.75, 3.05) is 39.3 Å². The van der Waals surface area contributed by atoms with Crippen molar-refractivity contribution >= 4 is 11.6 Å². The van der Waals surface area contributed by atoms with E-state index in [0.29, 0.717) is 24.8 Å². The zero-order chi connectivity index (χ0) is 20.8. The molecule has 6 nitrogen and oxygen atoms in total. The van der Waals surface area contributed by atoms with Gasteiger partial charge in [0.05, 0.1) is 45.1 Å². The monoisotopic (exact) mass is 410 g/mol. The first-order chi connectivity index (χ1) is 14.5. The average molecular weight is 411 g/mol. The number of carbonyl (C=O) groups is 1. The van der Waals surface area contributed by atoms with Gasteiger partial charge in [-0.3, -0.25) is 9.69 Å². The number of ether oxygens (including phenoxy) is 3. The Morgan fingerprint density at radius 3 is 2.73 bits per heavy atom. The van der Waals surface area contributed by atoms with Gasteiger partial charge in [0.2, 0.25) is 5.91 Å². The lowest BCUT2D eigenvalue weighted by Gasteiger charge is -2.61. The van der Waals surface area contributed by atoms with Crippen molar-refractivity contribution in [2.24, 2.45) is 5.41 Å². The van der Waals surface area contributed by atoms with Crippen LogP contribution >= 0.6 is 0 Å². The van der Waals surface area contributed by atoms with Crippen LogP contribution in [0.1, 0.15) is 38.2 Å². The summed E-state index contributed by atoms with van der Waals surface area (Å²) in [7, 11) is 5.60. The molecule has 5 heterocycles. The SMILES string of the molecule is CC[C@@]12c3cc(OC)c(OC)cc3N3C(=O)C[C@@H]4OCC=C5CN(C)[C@@H]1CCC54[C@H]32. The van der Waals surface area contributed by atoms with E-state index in [4.69, 9.17) is 14.2 Å². The normalized spacial score (nSPS) is 38.7. The van der Waals surface area contributed by atoms with Gasteiger partial charge in [0.15, 0.2) is 11.5 Å². The summed E-state index contributed by atoms with van der Waals surface area (Å²) < 4.78 is 17.6. The number of methoxy groups -OCH3 is 2. The molecule has 1 spiro atoms. The standard InChI is InChI=1S/C24H30N2O4/c1-5-23-15-10-17(28-3)18(29-4)11-16(15)26-21(27)12-20-24(22(23)26)8-6-19(23)25(2)13-14(24)7-9-30-20/h7,10-11,19-20,22H,5-6,8-9,12-13H2,1-4H3/t19-,20+,22-,23-,24?/m1/s1. The summed E-state index contributed by atoms with van der Waals surface area (Å²) in [6.07, 6.45) is 5.91. The average Bonchev–Trinajstić information content (AvgIpc) is 2.92. The number of nitrogens with zero attached hydrogens (tertiary/aromatic N) is 2. The number of benzene rings is 1. The number of likely N-dealkylation sites (N-methyl/N-ethyl adjacent to an activating group) is 1. The van der Waals surface area contributed by atoms with Crippen molar-refractivity contribution in [2.45, 2.75) is 56.2 Å². The lowest BCUT2D eigenvalue weighted by molar-refractivity contribution is -0.139. The van der Waals surface area contributed by atoms with Crippen molar-refractivity contribution < 1.29 is 19.0 Å². The van der Waals surface area contributed by atoms with Crippen LogP contribution in [0.4, 0.5) is 5.69 Å². The molecule has 1 unspecified atom stereocenters. The van der Waals surface area contributed by atoms with Gasteiger partial charge in [0.1, 0.15) is 0 Å². The molecule has 1 aliphatic carbocycles. The Morgan fingerprint density at radius 2 is 2.00 bits per heavy atom. The number of amides is 1. The molecule has 5 atom stereocenters. The quantitative estimate of drug-likeness (QED) is 0.718. The minimum Gasteiger partial charge on any atom is -0.493 e. The van der Waals surface area contributed by atoms with E-state index in [9.17, 15) is 4.79 Å². The number of anilines is 1. The Kier molecular flexibility index (Phi) is 3.75. The lowest BCUT2D eigenvalue weighted by Crippen LogP contribution is -2.71. The van der Waals surface area contributed by atoms with Crippen molar-refractivity contribution in [3.8, 4) is 11.5 Å². The first-order valence-corrected chi connectivity index (χ1v) is 11.1. The molecule has 0 aromatic heterocycles. The van der Waals surface area contributed by atoms with Gasteiger partial charge in [-0.15, -0.1) is 0 Å². The summed E-state index contributed by atoms with van der Waals surface area (Å²) in [5.41, 5.74) is 3.47. The molecule has 30 heavy (non-hydrogen) atoms. The molecule has 1 amide bonds. The molecule has 6 aliphatic rings. The molecule has 160 valence electrons. The van der Waals surface area contributed by atoms with Gasteiger partial charge >= 0.3 is 0 Å². The molecule has 1 aromatic carbocycles. The lowest BCUT2D eigenvalue weighted by atomic mass is 9.50. The zero-order valence-electron chi connectivity index (χ0n) is 18.2. The van der Waals surface area contributed by atoms with Crippen molar-refractivity contribution in [3.05, 3.63) is 29.3 Å². The first kappa shape index (κ1) is 18.7. The van der Waals surface area contributed by atoms with E-state index < -0.39 is 0 Å². The van der Waals surface area contributed by atoms with Crippen LogP contribution in [0, 0.1) is 5.41 Å². The molecule has 6 heteroatoms. The number of rotatable bonds is 3. The van der Waals surface area contributed by atoms with E-state index in [1.807, 2.05) is 6.07 Å². The Morgan fingerprint density at radius 1 is 1.23 bits per heavy atom. The van der Waals surface area contributed by atoms with Crippen LogP contribution in [-0.2, 0) is 14.9 Å². The van der Waals surface area contributed by atoms with E-state index in [-0.39, 0.29) is 28.9 Å². The third-order valence-electron chi connectivity index (χ3n) is 8.89. The molecule has 1 aromatic rings. The highest BCUT2D eigenvalue weighted by atomic mass is 16.5. The second-order valence-electron chi connectivity index (χ2n) is 9.55. The van der Waals surface area contributed by atoms with Crippen LogP contribution in [-0.4, -0.2) is 63.4 Å². The number of carbonyl (C=O) groups excluding carboxylic acids is 1. The molecule has 1 saturated carbocycles. The van der Waals surface area contributed by atoms with Crippen molar-refractivity contribution in [3.63, 3.8) is 0 Å². The number of hydrogen-bond acceptors (Lipinski definition) is 5. The maximum Gasteiger partial charge on any atom is 0.229 e. The largest absolute Gasteiger partial charge is 0.493 e. The molecular weight excluding hydrogens is 380 g/mol. The Labute approximate surface area is 177 Å². The second kappa shape index (κ2) is 6.01. The summed E-state index contributed by atoms with van der Waals surface area (Å²) in [5.74, 6) is 1.60. The maximum atomic E-state index is 13.6. The van der Waals surface area contributed by atoms with Crippen LogP contribution in [0.3, 0.4) is 0 Å². The summed E-state index contributed by atoms with van der Waals surface area (Å²) >= 11 is 0. The van der Waals surface area contributed by atoms with Gasteiger partial charge in [-0.25, -0.2) is 0 Å². The predicted octanol–water partition coefficient (Wildman–Crippen LogP) is 2.89. The molecule has 3 saturated heterocycles. The number of piperidine rings is 1. The zero-order valence-corrected chi connectivity index (χ0v) is 18.2. The number of fused-ring (bicyclic) bond motifs is 4. The third kappa shape index (κ3) is 1.87. The fourth-order valence-electron chi connectivity index (χ4n) is 7.86. The number of hydrogen-bond donors (Lipinski definition) is 0. The summed E-state index contributed by atoms with van der Waals surface area (Å²) in [4.78, 5) is 18.3. The Hall–Kier alpha value is -2.05. The topological polar surface area (TPSA) is 51.2 Å². The minimum absolute atomic E-state index is 0.0253. The first-order valence-electron chi connectivity index (χ1n) is 11.1. The van der Waals surface area contributed by atoms with E-state index in [1.54, 1.807) is 14.2 Å². The van der Waals surface area contributed by atoms with Gasteiger partial charge in [-0.05, 0) is 43.5 Å². The molecule has 4 fully saturated rings. The third-order valence-corrected chi connectivity index (χ3v) is 8.89. The van der Waals surface area contributed by atoms with Crippen LogP contribution in [0.15, 0.2) is 23.8 Å². The highest BCUT2D eigenvalue weighted by Gasteiger charge is 2.73.